The van der Waals surface area contributed by atoms with Crippen LogP contribution in [-0.4, -0.2) is 50.8 Å². The SMILES string of the molecule is CCCNCCN1CCCC(OC)C1. The summed E-state index contributed by atoms with van der Waals surface area (Å²) in [5.41, 5.74) is 0. The summed E-state index contributed by atoms with van der Waals surface area (Å²) in [7, 11) is 1.82. The molecular formula is C11H24N2O. The standard InChI is InChI=1S/C11H24N2O/c1-3-6-12-7-9-13-8-4-5-11(10-13)14-2/h11-12H,3-10H2,1-2H3. The third-order valence-electron chi connectivity index (χ3n) is 2.83. The molecule has 0 saturated carbocycles. The lowest BCUT2D eigenvalue weighted by Gasteiger charge is -2.31. The molecule has 1 rings (SSSR count). The van der Waals surface area contributed by atoms with Crippen molar-refractivity contribution in [3.05, 3.63) is 0 Å². The van der Waals surface area contributed by atoms with Crippen LogP contribution in [0.1, 0.15) is 26.2 Å². The van der Waals surface area contributed by atoms with E-state index in [1.807, 2.05) is 7.11 Å². The summed E-state index contributed by atoms with van der Waals surface area (Å²) in [5.74, 6) is 0. The molecule has 1 aliphatic heterocycles. The van der Waals surface area contributed by atoms with E-state index in [2.05, 4.69) is 17.1 Å². The van der Waals surface area contributed by atoms with Gasteiger partial charge in [-0.15, -0.1) is 0 Å². The van der Waals surface area contributed by atoms with E-state index in [1.54, 1.807) is 0 Å². The molecule has 1 saturated heterocycles. The molecule has 14 heavy (non-hydrogen) atoms. The van der Waals surface area contributed by atoms with E-state index in [1.165, 1.54) is 32.4 Å². The fraction of sp³-hybridized carbons (Fsp3) is 1.00. The molecule has 1 aliphatic rings. The Hall–Kier alpha value is -0.120. The molecule has 1 fully saturated rings. The number of hydrogen-bond donors (Lipinski definition) is 1. The molecule has 0 radical (unpaired) electrons. The van der Waals surface area contributed by atoms with Crippen LogP contribution in [0.5, 0.6) is 0 Å². The molecule has 0 aromatic rings. The number of ether oxygens (including phenoxy) is 1. The molecule has 1 N–H and O–H groups in total. The maximum Gasteiger partial charge on any atom is 0.0698 e. The molecule has 1 heterocycles. The molecular weight excluding hydrogens is 176 g/mol. The highest BCUT2D eigenvalue weighted by Gasteiger charge is 2.18. The lowest BCUT2D eigenvalue weighted by atomic mass is 10.1. The highest BCUT2D eigenvalue weighted by atomic mass is 16.5. The van der Waals surface area contributed by atoms with Crippen molar-refractivity contribution >= 4 is 0 Å². The summed E-state index contributed by atoms with van der Waals surface area (Å²) >= 11 is 0. The molecule has 0 aromatic carbocycles. The van der Waals surface area contributed by atoms with Gasteiger partial charge in [0.2, 0.25) is 0 Å². The summed E-state index contributed by atoms with van der Waals surface area (Å²) < 4.78 is 5.39. The fourth-order valence-corrected chi connectivity index (χ4v) is 1.95. The Morgan fingerprint density at radius 1 is 1.43 bits per heavy atom. The number of nitrogens with one attached hydrogen (secondary N) is 1. The zero-order valence-electron chi connectivity index (χ0n) is 9.59. The second-order valence-electron chi connectivity index (χ2n) is 4.05. The highest BCUT2D eigenvalue weighted by Crippen LogP contribution is 2.11. The first kappa shape index (κ1) is 12.0. The zero-order valence-corrected chi connectivity index (χ0v) is 9.59. The number of nitrogens with zero attached hydrogens (tertiary/aromatic N) is 1. The Bertz CT molecular complexity index is 141. The first-order chi connectivity index (χ1) is 6.86. The van der Waals surface area contributed by atoms with E-state index in [0.29, 0.717) is 6.10 Å². The molecule has 0 aromatic heterocycles. The van der Waals surface area contributed by atoms with Gasteiger partial charge in [-0.2, -0.15) is 0 Å². The van der Waals surface area contributed by atoms with E-state index >= 15 is 0 Å². The normalized spacial score (nSPS) is 24.0. The number of rotatable bonds is 6. The van der Waals surface area contributed by atoms with Crippen LogP contribution in [0.2, 0.25) is 0 Å². The summed E-state index contributed by atoms with van der Waals surface area (Å²) in [6.45, 7) is 7.98. The van der Waals surface area contributed by atoms with Crippen LogP contribution in [-0.2, 0) is 4.74 Å². The average molecular weight is 200 g/mol. The summed E-state index contributed by atoms with van der Waals surface area (Å²) in [6.07, 6.45) is 4.21. The second kappa shape index (κ2) is 7.21. The van der Waals surface area contributed by atoms with Gasteiger partial charge in [0.25, 0.3) is 0 Å². The van der Waals surface area contributed by atoms with Gasteiger partial charge in [0, 0.05) is 26.7 Å². The van der Waals surface area contributed by atoms with Gasteiger partial charge in [-0.05, 0) is 32.4 Å². The van der Waals surface area contributed by atoms with Gasteiger partial charge in [0.1, 0.15) is 0 Å². The minimum Gasteiger partial charge on any atom is -0.380 e. The monoisotopic (exact) mass is 200 g/mol. The number of piperidine rings is 1. The van der Waals surface area contributed by atoms with E-state index in [9.17, 15) is 0 Å². The number of likely N-dealkylation sites (tertiary alicyclic amines) is 1. The summed E-state index contributed by atoms with van der Waals surface area (Å²) in [5, 5.41) is 3.43. The fourth-order valence-electron chi connectivity index (χ4n) is 1.95. The van der Waals surface area contributed by atoms with Gasteiger partial charge in [-0.3, -0.25) is 4.90 Å². The Morgan fingerprint density at radius 3 is 3.00 bits per heavy atom. The largest absolute Gasteiger partial charge is 0.380 e. The van der Waals surface area contributed by atoms with Crippen LogP contribution in [0, 0.1) is 0 Å². The molecule has 3 nitrogen and oxygen atoms in total. The smallest absolute Gasteiger partial charge is 0.0698 e. The minimum atomic E-state index is 0.468. The van der Waals surface area contributed by atoms with Crippen LogP contribution < -0.4 is 5.32 Å². The van der Waals surface area contributed by atoms with E-state index in [0.717, 1.165) is 19.6 Å². The van der Waals surface area contributed by atoms with Gasteiger partial charge in [0.05, 0.1) is 6.10 Å². The predicted octanol–water partition coefficient (Wildman–Crippen LogP) is 1.10. The lowest BCUT2D eigenvalue weighted by molar-refractivity contribution is 0.0319. The molecule has 0 aliphatic carbocycles. The van der Waals surface area contributed by atoms with Crippen molar-refractivity contribution in [2.75, 3.05) is 39.8 Å². The lowest BCUT2D eigenvalue weighted by Crippen LogP contribution is -2.42. The second-order valence-corrected chi connectivity index (χ2v) is 4.05. The first-order valence-corrected chi connectivity index (χ1v) is 5.82. The predicted molar refractivity (Wildman–Crippen MR) is 59.6 cm³/mol. The van der Waals surface area contributed by atoms with Crippen molar-refractivity contribution in [2.24, 2.45) is 0 Å². The van der Waals surface area contributed by atoms with Crippen molar-refractivity contribution in [3.8, 4) is 0 Å². The minimum absolute atomic E-state index is 0.468. The third kappa shape index (κ3) is 4.40. The Morgan fingerprint density at radius 2 is 2.29 bits per heavy atom. The van der Waals surface area contributed by atoms with Crippen LogP contribution in [0.15, 0.2) is 0 Å². The molecule has 0 spiro atoms. The average Bonchev–Trinajstić information content (AvgIpc) is 2.25. The van der Waals surface area contributed by atoms with Gasteiger partial charge in [0.15, 0.2) is 0 Å². The van der Waals surface area contributed by atoms with E-state index in [-0.39, 0.29) is 0 Å². The Labute approximate surface area is 87.8 Å². The maximum absolute atomic E-state index is 5.39. The molecule has 84 valence electrons. The van der Waals surface area contributed by atoms with Crippen molar-refractivity contribution in [1.29, 1.82) is 0 Å². The van der Waals surface area contributed by atoms with Crippen LogP contribution in [0.25, 0.3) is 0 Å². The zero-order chi connectivity index (χ0) is 10.2. The molecule has 0 bridgehead atoms. The molecule has 1 atom stereocenters. The Kier molecular flexibility index (Phi) is 6.15. The van der Waals surface area contributed by atoms with Gasteiger partial charge >= 0.3 is 0 Å². The molecule has 0 amide bonds. The topological polar surface area (TPSA) is 24.5 Å². The summed E-state index contributed by atoms with van der Waals surface area (Å²) in [4.78, 5) is 2.50. The number of methoxy groups -OCH3 is 1. The Balaban J connectivity index is 2.05. The highest BCUT2D eigenvalue weighted by molar-refractivity contribution is 4.73. The molecule has 1 unspecified atom stereocenters. The quantitative estimate of drug-likeness (QED) is 0.650. The summed E-state index contributed by atoms with van der Waals surface area (Å²) in [6, 6.07) is 0. The van der Waals surface area contributed by atoms with Crippen LogP contribution in [0.4, 0.5) is 0 Å². The third-order valence-corrected chi connectivity index (χ3v) is 2.83. The van der Waals surface area contributed by atoms with E-state index < -0.39 is 0 Å². The van der Waals surface area contributed by atoms with Crippen molar-refractivity contribution in [1.82, 2.24) is 10.2 Å². The first-order valence-electron chi connectivity index (χ1n) is 5.82. The van der Waals surface area contributed by atoms with Crippen molar-refractivity contribution in [3.63, 3.8) is 0 Å². The van der Waals surface area contributed by atoms with Crippen molar-refractivity contribution < 1.29 is 4.74 Å². The van der Waals surface area contributed by atoms with Crippen molar-refractivity contribution in [2.45, 2.75) is 32.3 Å². The van der Waals surface area contributed by atoms with E-state index in [4.69, 9.17) is 4.74 Å². The van der Waals surface area contributed by atoms with Crippen LogP contribution >= 0.6 is 0 Å². The van der Waals surface area contributed by atoms with Gasteiger partial charge in [-0.25, -0.2) is 0 Å². The number of hydrogen-bond acceptors (Lipinski definition) is 3. The molecule has 3 heteroatoms. The van der Waals surface area contributed by atoms with Crippen LogP contribution in [0.3, 0.4) is 0 Å². The van der Waals surface area contributed by atoms with Gasteiger partial charge < -0.3 is 10.1 Å². The maximum atomic E-state index is 5.39. The van der Waals surface area contributed by atoms with Gasteiger partial charge in [-0.1, -0.05) is 6.92 Å².